The molecule has 1 saturated heterocycles. The van der Waals surface area contributed by atoms with E-state index in [0.29, 0.717) is 13.1 Å². The molecule has 1 aliphatic heterocycles. The van der Waals surface area contributed by atoms with Gasteiger partial charge < -0.3 is 29.0 Å². The highest BCUT2D eigenvalue weighted by Gasteiger charge is 2.50. The fourth-order valence-electron chi connectivity index (χ4n) is 3.18. The summed E-state index contributed by atoms with van der Waals surface area (Å²) in [6.45, 7) is 6.79. The van der Waals surface area contributed by atoms with Crippen LogP contribution in [0.4, 0.5) is 0 Å². The third kappa shape index (κ3) is 7.40. The van der Waals surface area contributed by atoms with Gasteiger partial charge in [0, 0.05) is 33.9 Å². The minimum absolute atomic E-state index is 0.257. The summed E-state index contributed by atoms with van der Waals surface area (Å²) in [5.74, 6) is -1.78. The highest BCUT2D eigenvalue weighted by atomic mass is 16.7. The number of hydrogen-bond acceptors (Lipinski definition) is 9. The molecule has 1 fully saturated rings. The fourth-order valence-corrected chi connectivity index (χ4v) is 3.18. The van der Waals surface area contributed by atoms with Crippen LogP contribution in [0.25, 0.3) is 0 Å². The molecule has 30 heavy (non-hydrogen) atoms. The van der Waals surface area contributed by atoms with Crippen LogP contribution < -0.4 is 5.32 Å². The van der Waals surface area contributed by atoms with E-state index in [0.717, 1.165) is 5.56 Å². The number of carbonyl (C=O) groups excluding carboxylic acids is 3. The first-order chi connectivity index (χ1) is 14.3. The smallest absolute Gasteiger partial charge is 0.303 e. The number of benzene rings is 1. The van der Waals surface area contributed by atoms with E-state index < -0.39 is 48.6 Å². The van der Waals surface area contributed by atoms with E-state index in [9.17, 15) is 14.4 Å². The van der Waals surface area contributed by atoms with Crippen molar-refractivity contribution >= 4 is 17.9 Å². The molecule has 0 amide bonds. The third-order valence-corrected chi connectivity index (χ3v) is 4.37. The van der Waals surface area contributed by atoms with Crippen LogP contribution in [0, 0.1) is 0 Å². The van der Waals surface area contributed by atoms with Crippen molar-refractivity contribution in [2.45, 2.75) is 64.9 Å². The summed E-state index contributed by atoms with van der Waals surface area (Å²) < 4.78 is 27.5. The molecule has 9 heteroatoms. The van der Waals surface area contributed by atoms with E-state index in [1.165, 1.54) is 20.8 Å². The van der Waals surface area contributed by atoms with Gasteiger partial charge in [-0.05, 0) is 12.5 Å². The maximum absolute atomic E-state index is 11.6. The first-order valence-corrected chi connectivity index (χ1v) is 9.81. The van der Waals surface area contributed by atoms with Gasteiger partial charge in [-0.3, -0.25) is 14.4 Å². The number of rotatable bonds is 9. The molecular weight excluding hydrogens is 394 g/mol. The van der Waals surface area contributed by atoms with Crippen LogP contribution in [0.3, 0.4) is 0 Å². The molecule has 1 aromatic carbocycles. The van der Waals surface area contributed by atoms with E-state index >= 15 is 0 Å². The lowest BCUT2D eigenvalue weighted by Crippen LogP contribution is -2.61. The summed E-state index contributed by atoms with van der Waals surface area (Å²) in [7, 11) is 0. The van der Waals surface area contributed by atoms with Gasteiger partial charge >= 0.3 is 17.9 Å². The van der Waals surface area contributed by atoms with Crippen molar-refractivity contribution in [1.82, 2.24) is 5.32 Å². The Morgan fingerprint density at radius 2 is 1.47 bits per heavy atom. The van der Waals surface area contributed by atoms with E-state index in [4.69, 9.17) is 23.7 Å². The Labute approximate surface area is 176 Å². The minimum Gasteiger partial charge on any atom is -0.456 e. The van der Waals surface area contributed by atoms with Crippen LogP contribution in [0.2, 0.25) is 0 Å². The second kappa shape index (κ2) is 11.6. The van der Waals surface area contributed by atoms with Crippen molar-refractivity contribution in [3.8, 4) is 0 Å². The molecule has 0 saturated carbocycles. The molecule has 0 unspecified atom stereocenters. The number of hydrogen-bond donors (Lipinski definition) is 1. The van der Waals surface area contributed by atoms with Gasteiger partial charge in [0.25, 0.3) is 0 Å². The Balaban J connectivity index is 2.01. The highest BCUT2D eigenvalue weighted by molar-refractivity contribution is 5.68. The van der Waals surface area contributed by atoms with E-state index in [-0.39, 0.29) is 6.61 Å². The molecular formula is C21H29NO8. The van der Waals surface area contributed by atoms with Gasteiger partial charge in [-0.1, -0.05) is 30.3 Å². The Morgan fingerprint density at radius 1 is 0.900 bits per heavy atom. The second-order valence-electron chi connectivity index (χ2n) is 6.96. The molecule has 9 nitrogen and oxygen atoms in total. The fraction of sp³-hybridized carbons (Fsp3) is 0.571. The van der Waals surface area contributed by atoms with Gasteiger partial charge in [0.15, 0.2) is 24.6 Å². The number of ether oxygens (including phenoxy) is 5. The largest absolute Gasteiger partial charge is 0.456 e. The maximum atomic E-state index is 11.6. The average molecular weight is 423 g/mol. The van der Waals surface area contributed by atoms with Crippen LogP contribution in [-0.2, 0) is 44.6 Å². The predicted octanol–water partition coefficient (Wildman–Crippen LogP) is 1.33. The molecule has 0 aliphatic carbocycles. The van der Waals surface area contributed by atoms with Crippen LogP contribution in [0.15, 0.2) is 30.3 Å². The molecule has 0 radical (unpaired) electrons. The van der Waals surface area contributed by atoms with Crippen molar-refractivity contribution in [3.63, 3.8) is 0 Å². The molecule has 2 rings (SSSR count). The van der Waals surface area contributed by atoms with Gasteiger partial charge in [-0.25, -0.2) is 0 Å². The number of esters is 3. The molecule has 0 spiro atoms. The number of nitrogens with one attached hydrogen (secondary N) is 1. The SMILES string of the molecule is CC(=O)O[C@H]1[C@H](OC(C)=O)[C@H](OCCNCc2ccccc2)O[C@@H](C)[C@H]1OC(C)=O. The zero-order valence-corrected chi connectivity index (χ0v) is 17.7. The van der Waals surface area contributed by atoms with Crippen LogP contribution in [-0.4, -0.2) is 61.8 Å². The maximum Gasteiger partial charge on any atom is 0.303 e. The van der Waals surface area contributed by atoms with Crippen molar-refractivity contribution in [1.29, 1.82) is 0 Å². The average Bonchev–Trinajstić information content (AvgIpc) is 2.67. The molecule has 166 valence electrons. The second-order valence-corrected chi connectivity index (χ2v) is 6.96. The van der Waals surface area contributed by atoms with Crippen molar-refractivity contribution in [2.75, 3.05) is 13.2 Å². The Hall–Kier alpha value is -2.49. The molecule has 1 heterocycles. The van der Waals surface area contributed by atoms with Crippen molar-refractivity contribution in [2.24, 2.45) is 0 Å². The Bertz CT molecular complexity index is 710. The number of carbonyl (C=O) groups is 3. The lowest BCUT2D eigenvalue weighted by atomic mass is 9.99. The van der Waals surface area contributed by atoms with E-state index in [1.54, 1.807) is 6.92 Å². The van der Waals surface area contributed by atoms with Gasteiger partial charge in [0.05, 0.1) is 12.7 Å². The first-order valence-electron chi connectivity index (χ1n) is 9.81. The minimum atomic E-state index is -1.08. The molecule has 5 atom stereocenters. The summed E-state index contributed by atoms with van der Waals surface area (Å²) in [5, 5.41) is 3.24. The Morgan fingerprint density at radius 3 is 2.07 bits per heavy atom. The molecule has 0 aromatic heterocycles. The summed E-state index contributed by atoms with van der Waals surface area (Å²) in [5.41, 5.74) is 1.14. The first kappa shape index (κ1) is 23.8. The highest BCUT2D eigenvalue weighted by Crippen LogP contribution is 2.29. The zero-order valence-electron chi connectivity index (χ0n) is 17.7. The van der Waals surface area contributed by atoms with Gasteiger partial charge in [0.1, 0.15) is 0 Å². The van der Waals surface area contributed by atoms with Crippen LogP contribution >= 0.6 is 0 Å². The normalized spacial score (nSPS) is 25.9. The van der Waals surface area contributed by atoms with Crippen molar-refractivity contribution in [3.05, 3.63) is 35.9 Å². The zero-order chi connectivity index (χ0) is 22.1. The predicted molar refractivity (Wildman–Crippen MR) is 105 cm³/mol. The van der Waals surface area contributed by atoms with Gasteiger partial charge in [-0.15, -0.1) is 0 Å². The van der Waals surface area contributed by atoms with Crippen molar-refractivity contribution < 1.29 is 38.1 Å². The van der Waals surface area contributed by atoms with Gasteiger partial charge in [-0.2, -0.15) is 0 Å². The van der Waals surface area contributed by atoms with E-state index in [1.807, 2.05) is 30.3 Å². The van der Waals surface area contributed by atoms with Crippen LogP contribution in [0.5, 0.6) is 0 Å². The third-order valence-electron chi connectivity index (χ3n) is 4.37. The summed E-state index contributed by atoms with van der Waals surface area (Å²) >= 11 is 0. The standard InChI is InChI=1S/C21H29NO8/c1-13-18(28-14(2)23)19(29-15(3)24)20(30-16(4)25)21(27-13)26-11-10-22-12-17-8-6-5-7-9-17/h5-9,13,18-22H,10-12H2,1-4H3/t13-,18+,19+,20-,21+/m0/s1. The topological polar surface area (TPSA) is 109 Å². The summed E-state index contributed by atoms with van der Waals surface area (Å²) in [6, 6.07) is 9.89. The van der Waals surface area contributed by atoms with E-state index in [2.05, 4.69) is 5.32 Å². The quantitative estimate of drug-likeness (QED) is 0.357. The lowest BCUT2D eigenvalue weighted by molar-refractivity contribution is -0.300. The van der Waals surface area contributed by atoms with Crippen LogP contribution in [0.1, 0.15) is 33.3 Å². The molecule has 1 aliphatic rings. The molecule has 0 bridgehead atoms. The van der Waals surface area contributed by atoms with Gasteiger partial charge in [0.2, 0.25) is 0 Å². The molecule has 1 aromatic rings. The summed E-state index contributed by atoms with van der Waals surface area (Å²) in [6.07, 6.45) is -4.71. The Kier molecular flexibility index (Phi) is 9.22. The lowest BCUT2D eigenvalue weighted by Gasteiger charge is -2.43. The molecule has 1 N–H and O–H groups in total. The summed E-state index contributed by atoms with van der Waals surface area (Å²) in [4.78, 5) is 34.8. The monoisotopic (exact) mass is 423 g/mol.